The van der Waals surface area contributed by atoms with E-state index in [2.05, 4.69) is 5.32 Å². The molecule has 0 aromatic heterocycles. The molecular weight excluding hydrogens is 380 g/mol. The van der Waals surface area contributed by atoms with Crippen molar-refractivity contribution in [2.45, 2.75) is 39.2 Å². The van der Waals surface area contributed by atoms with Gasteiger partial charge in [0.15, 0.2) is 11.5 Å². The second-order valence-corrected chi connectivity index (χ2v) is 7.37. The molecule has 1 aliphatic rings. The summed E-state index contributed by atoms with van der Waals surface area (Å²) in [6.45, 7) is 5.80. The number of amides is 2. The predicted molar refractivity (Wildman–Crippen MR) is 116 cm³/mol. The number of benzene rings is 2. The van der Waals surface area contributed by atoms with E-state index in [4.69, 9.17) is 9.47 Å². The fraction of sp³-hybridized carbons (Fsp3) is 0.417. The summed E-state index contributed by atoms with van der Waals surface area (Å²) in [5, 5.41) is 2.82. The molecule has 2 amide bonds. The lowest BCUT2D eigenvalue weighted by Crippen LogP contribution is -2.48. The second-order valence-electron chi connectivity index (χ2n) is 7.37. The number of carbonyl (C=O) groups is 2. The van der Waals surface area contributed by atoms with Gasteiger partial charge in [-0.3, -0.25) is 9.59 Å². The third-order valence-corrected chi connectivity index (χ3v) is 5.24. The first-order valence-corrected chi connectivity index (χ1v) is 10.6. The van der Waals surface area contributed by atoms with E-state index in [9.17, 15) is 9.59 Å². The first-order valence-electron chi connectivity index (χ1n) is 10.6. The van der Waals surface area contributed by atoms with Crippen molar-refractivity contribution in [2.24, 2.45) is 0 Å². The average Bonchev–Trinajstić information content (AvgIpc) is 2.78. The summed E-state index contributed by atoms with van der Waals surface area (Å²) in [5.74, 6) is 1.31. The molecule has 0 radical (unpaired) electrons. The molecule has 3 rings (SSSR count). The minimum Gasteiger partial charge on any atom is -0.486 e. The van der Waals surface area contributed by atoms with Crippen molar-refractivity contribution in [3.63, 3.8) is 0 Å². The van der Waals surface area contributed by atoms with Crippen LogP contribution in [0.15, 0.2) is 48.5 Å². The minimum absolute atomic E-state index is 0.0282. The molecule has 1 atom stereocenters. The Kier molecular flexibility index (Phi) is 7.71. The SMILES string of the molecule is CCNC(=O)[C@H](C)N(CCc1ccccc1)C(=O)CCc1ccc2c(c1)OCCO2. The molecule has 160 valence electrons. The first-order chi connectivity index (χ1) is 14.6. The number of ether oxygens (including phenoxy) is 2. The Morgan fingerprint density at radius 3 is 2.47 bits per heavy atom. The molecule has 0 fully saturated rings. The highest BCUT2D eigenvalue weighted by Crippen LogP contribution is 2.31. The lowest BCUT2D eigenvalue weighted by molar-refractivity contribution is -0.139. The zero-order valence-corrected chi connectivity index (χ0v) is 17.7. The largest absolute Gasteiger partial charge is 0.486 e. The summed E-state index contributed by atoms with van der Waals surface area (Å²) >= 11 is 0. The van der Waals surface area contributed by atoms with Crippen molar-refractivity contribution >= 4 is 11.8 Å². The van der Waals surface area contributed by atoms with E-state index in [-0.39, 0.29) is 11.8 Å². The molecule has 0 saturated heterocycles. The highest BCUT2D eigenvalue weighted by atomic mass is 16.6. The second kappa shape index (κ2) is 10.7. The van der Waals surface area contributed by atoms with Gasteiger partial charge in [-0.2, -0.15) is 0 Å². The van der Waals surface area contributed by atoms with E-state index in [0.717, 1.165) is 22.6 Å². The van der Waals surface area contributed by atoms with Gasteiger partial charge in [0.2, 0.25) is 11.8 Å². The number of hydrogen-bond donors (Lipinski definition) is 1. The minimum atomic E-state index is -0.513. The van der Waals surface area contributed by atoms with Gasteiger partial charge in [0.05, 0.1) is 0 Å². The van der Waals surface area contributed by atoms with Crippen LogP contribution in [0.5, 0.6) is 11.5 Å². The maximum Gasteiger partial charge on any atom is 0.242 e. The third kappa shape index (κ3) is 5.75. The summed E-state index contributed by atoms with van der Waals surface area (Å²) in [6.07, 6.45) is 1.62. The summed E-state index contributed by atoms with van der Waals surface area (Å²) in [4.78, 5) is 27.2. The highest BCUT2D eigenvalue weighted by Gasteiger charge is 2.25. The number of likely N-dealkylation sites (N-methyl/N-ethyl adjacent to an activating group) is 1. The molecule has 0 aliphatic carbocycles. The average molecular weight is 411 g/mol. The lowest BCUT2D eigenvalue weighted by Gasteiger charge is -2.29. The number of fused-ring (bicyclic) bond motifs is 1. The molecule has 2 aromatic carbocycles. The van der Waals surface area contributed by atoms with Crippen LogP contribution in [0.25, 0.3) is 0 Å². The van der Waals surface area contributed by atoms with Gasteiger partial charge < -0.3 is 19.7 Å². The maximum atomic E-state index is 13.1. The van der Waals surface area contributed by atoms with Gasteiger partial charge in [0, 0.05) is 19.5 Å². The lowest BCUT2D eigenvalue weighted by atomic mass is 10.1. The van der Waals surface area contributed by atoms with Crippen LogP contribution < -0.4 is 14.8 Å². The van der Waals surface area contributed by atoms with E-state index in [0.29, 0.717) is 45.6 Å². The smallest absolute Gasteiger partial charge is 0.242 e. The van der Waals surface area contributed by atoms with Gasteiger partial charge in [-0.1, -0.05) is 36.4 Å². The molecule has 0 unspecified atom stereocenters. The van der Waals surface area contributed by atoms with E-state index in [1.807, 2.05) is 55.5 Å². The molecule has 6 nitrogen and oxygen atoms in total. The topological polar surface area (TPSA) is 67.9 Å². The normalized spacial score (nSPS) is 13.4. The van der Waals surface area contributed by atoms with Crippen molar-refractivity contribution in [3.8, 4) is 11.5 Å². The van der Waals surface area contributed by atoms with Crippen LogP contribution >= 0.6 is 0 Å². The highest BCUT2D eigenvalue weighted by molar-refractivity contribution is 5.87. The molecule has 1 N–H and O–H groups in total. The fourth-order valence-electron chi connectivity index (χ4n) is 3.53. The fourth-order valence-corrected chi connectivity index (χ4v) is 3.53. The van der Waals surface area contributed by atoms with E-state index in [1.54, 1.807) is 11.8 Å². The van der Waals surface area contributed by atoms with Gasteiger partial charge >= 0.3 is 0 Å². The number of hydrogen-bond acceptors (Lipinski definition) is 4. The Labute approximate surface area is 178 Å². The molecule has 1 aliphatic heterocycles. The van der Waals surface area contributed by atoms with E-state index in [1.165, 1.54) is 0 Å². The summed E-state index contributed by atoms with van der Waals surface area (Å²) in [5.41, 5.74) is 2.16. The first kappa shape index (κ1) is 21.7. The molecular formula is C24H30N2O4. The summed E-state index contributed by atoms with van der Waals surface area (Å²) in [7, 11) is 0. The number of carbonyl (C=O) groups excluding carboxylic acids is 2. The third-order valence-electron chi connectivity index (χ3n) is 5.24. The van der Waals surface area contributed by atoms with Gasteiger partial charge in [-0.25, -0.2) is 0 Å². The Balaban J connectivity index is 1.65. The van der Waals surface area contributed by atoms with E-state index >= 15 is 0 Å². The molecule has 0 saturated carbocycles. The predicted octanol–water partition coefficient (Wildman–Crippen LogP) is 2.99. The molecule has 30 heavy (non-hydrogen) atoms. The van der Waals surface area contributed by atoms with Crippen LogP contribution in [0, 0.1) is 0 Å². The van der Waals surface area contributed by atoms with Gasteiger partial charge in [0.1, 0.15) is 19.3 Å². The monoisotopic (exact) mass is 410 g/mol. The van der Waals surface area contributed by atoms with Crippen molar-refractivity contribution < 1.29 is 19.1 Å². The quantitative estimate of drug-likeness (QED) is 0.690. The molecule has 6 heteroatoms. The van der Waals surface area contributed by atoms with Crippen LogP contribution in [0.1, 0.15) is 31.4 Å². The zero-order valence-electron chi connectivity index (χ0n) is 17.7. The number of nitrogens with zero attached hydrogens (tertiary/aromatic N) is 1. The Morgan fingerprint density at radius 2 is 1.73 bits per heavy atom. The number of rotatable bonds is 9. The maximum absolute atomic E-state index is 13.1. The summed E-state index contributed by atoms with van der Waals surface area (Å²) in [6, 6.07) is 15.3. The Bertz CT molecular complexity index is 854. The van der Waals surface area contributed by atoms with Gasteiger partial charge in [0.25, 0.3) is 0 Å². The number of nitrogens with one attached hydrogen (secondary N) is 1. The Morgan fingerprint density at radius 1 is 1.00 bits per heavy atom. The molecule has 0 spiro atoms. The van der Waals surface area contributed by atoms with Crippen molar-refractivity contribution in [1.29, 1.82) is 0 Å². The van der Waals surface area contributed by atoms with Crippen molar-refractivity contribution in [1.82, 2.24) is 10.2 Å². The van der Waals surface area contributed by atoms with Gasteiger partial charge in [-0.15, -0.1) is 0 Å². The zero-order chi connectivity index (χ0) is 21.3. The van der Waals surface area contributed by atoms with Crippen LogP contribution in [-0.2, 0) is 22.4 Å². The van der Waals surface area contributed by atoms with Crippen molar-refractivity contribution in [3.05, 3.63) is 59.7 Å². The van der Waals surface area contributed by atoms with Crippen LogP contribution in [0.3, 0.4) is 0 Å². The Hall–Kier alpha value is -3.02. The summed E-state index contributed by atoms with van der Waals surface area (Å²) < 4.78 is 11.2. The van der Waals surface area contributed by atoms with Crippen LogP contribution in [0.2, 0.25) is 0 Å². The van der Waals surface area contributed by atoms with Crippen LogP contribution in [0.4, 0.5) is 0 Å². The molecule has 2 aromatic rings. The standard InChI is InChI=1S/C24H30N2O4/c1-3-25-24(28)18(2)26(14-13-19-7-5-4-6-8-19)23(27)12-10-20-9-11-21-22(17-20)30-16-15-29-21/h4-9,11,17-18H,3,10,12-16H2,1-2H3,(H,25,28)/t18-/m0/s1. The number of aryl methyl sites for hydroxylation is 1. The molecule has 1 heterocycles. The van der Waals surface area contributed by atoms with E-state index < -0.39 is 6.04 Å². The van der Waals surface area contributed by atoms with Gasteiger partial charge in [-0.05, 0) is 49.9 Å². The van der Waals surface area contributed by atoms with Crippen molar-refractivity contribution in [2.75, 3.05) is 26.3 Å². The molecule has 0 bridgehead atoms. The van der Waals surface area contributed by atoms with Crippen LogP contribution in [-0.4, -0.2) is 49.1 Å².